The zero-order valence-electron chi connectivity index (χ0n) is 14.3. The Kier molecular flexibility index (Phi) is 5.50. The van der Waals surface area contributed by atoms with Gasteiger partial charge in [-0.25, -0.2) is 0 Å². The summed E-state index contributed by atoms with van der Waals surface area (Å²) in [4.78, 5) is 30.7. The Morgan fingerprint density at radius 2 is 1.96 bits per heavy atom. The molecule has 24 heavy (non-hydrogen) atoms. The summed E-state index contributed by atoms with van der Waals surface area (Å²) in [5, 5.41) is 3.78. The molecule has 0 aliphatic carbocycles. The number of piperidine rings is 1. The first-order valence-electron chi connectivity index (χ1n) is 8.82. The fraction of sp³-hybridized carbons (Fsp3) is 0.706. The summed E-state index contributed by atoms with van der Waals surface area (Å²) in [6.07, 6.45) is 5.20. The monoisotopic (exact) mass is 334 g/mol. The van der Waals surface area contributed by atoms with Crippen LogP contribution in [0.15, 0.2) is 16.9 Å². The summed E-state index contributed by atoms with van der Waals surface area (Å²) in [5.41, 5.74) is 0.664. The zero-order valence-corrected chi connectivity index (χ0v) is 14.3. The van der Waals surface area contributed by atoms with Crippen molar-refractivity contribution in [1.82, 2.24) is 19.9 Å². The molecule has 3 rings (SSSR count). The van der Waals surface area contributed by atoms with Crippen molar-refractivity contribution in [2.45, 2.75) is 38.6 Å². The van der Waals surface area contributed by atoms with Crippen molar-refractivity contribution in [2.24, 2.45) is 0 Å². The number of hydrogen-bond acceptors (Lipinski definition) is 5. The van der Waals surface area contributed by atoms with E-state index in [9.17, 15) is 9.59 Å². The van der Waals surface area contributed by atoms with Crippen molar-refractivity contribution in [3.8, 4) is 0 Å². The lowest BCUT2D eigenvalue weighted by molar-refractivity contribution is -0.137. The highest BCUT2D eigenvalue weighted by molar-refractivity contribution is 5.79. The minimum Gasteiger partial charge on any atom is -0.364 e. The predicted molar refractivity (Wildman–Crippen MR) is 88.3 cm³/mol. The topological polar surface area (TPSA) is 69.9 Å². The molecule has 1 aromatic heterocycles. The second kappa shape index (κ2) is 7.79. The molecule has 3 heterocycles. The molecule has 2 fully saturated rings. The van der Waals surface area contributed by atoms with E-state index in [2.05, 4.69) is 17.0 Å². The first-order valence-corrected chi connectivity index (χ1v) is 8.82. The van der Waals surface area contributed by atoms with Crippen LogP contribution >= 0.6 is 0 Å². The molecule has 2 saturated heterocycles. The van der Waals surface area contributed by atoms with Crippen LogP contribution in [0.1, 0.15) is 31.9 Å². The largest absolute Gasteiger partial charge is 0.364 e. The van der Waals surface area contributed by atoms with Crippen molar-refractivity contribution in [3.05, 3.63) is 18.0 Å². The molecule has 0 N–H and O–H groups in total. The van der Waals surface area contributed by atoms with Gasteiger partial charge in [-0.1, -0.05) is 5.16 Å². The number of nitrogens with zero attached hydrogens (tertiary/aromatic N) is 4. The highest BCUT2D eigenvalue weighted by atomic mass is 16.5. The Hall–Kier alpha value is -1.89. The van der Waals surface area contributed by atoms with E-state index in [1.165, 1.54) is 12.7 Å². The minimum absolute atomic E-state index is 0.0690. The quantitative estimate of drug-likeness (QED) is 0.813. The Morgan fingerprint density at radius 3 is 2.62 bits per heavy atom. The molecule has 0 spiro atoms. The number of amides is 2. The SMILES string of the molecule is C[C@H]1CCCCN1C(=O)CN1CCN(C(=O)Cc2ccon2)CC1. The molecule has 0 bridgehead atoms. The Bertz CT molecular complexity index is 552. The Balaban J connectivity index is 1.43. The maximum absolute atomic E-state index is 12.5. The maximum Gasteiger partial charge on any atom is 0.236 e. The average molecular weight is 334 g/mol. The molecule has 1 aromatic rings. The fourth-order valence-electron chi connectivity index (χ4n) is 3.50. The third-order valence-corrected chi connectivity index (χ3v) is 5.03. The van der Waals surface area contributed by atoms with E-state index in [1.54, 1.807) is 6.07 Å². The van der Waals surface area contributed by atoms with E-state index < -0.39 is 0 Å². The van der Waals surface area contributed by atoms with Gasteiger partial charge in [-0.2, -0.15) is 0 Å². The van der Waals surface area contributed by atoms with Crippen LogP contribution < -0.4 is 0 Å². The first kappa shape index (κ1) is 17.0. The van der Waals surface area contributed by atoms with Crippen LogP contribution in [-0.4, -0.2) is 77.0 Å². The van der Waals surface area contributed by atoms with E-state index in [-0.39, 0.29) is 18.2 Å². The summed E-state index contributed by atoms with van der Waals surface area (Å²) in [7, 11) is 0. The van der Waals surface area contributed by atoms with Crippen molar-refractivity contribution in [3.63, 3.8) is 0 Å². The molecule has 1 atom stereocenters. The van der Waals surface area contributed by atoms with Crippen LogP contribution in [0.3, 0.4) is 0 Å². The van der Waals surface area contributed by atoms with E-state index in [0.717, 1.165) is 32.5 Å². The van der Waals surface area contributed by atoms with Gasteiger partial charge >= 0.3 is 0 Å². The fourth-order valence-corrected chi connectivity index (χ4v) is 3.50. The molecule has 0 saturated carbocycles. The smallest absolute Gasteiger partial charge is 0.236 e. The van der Waals surface area contributed by atoms with E-state index >= 15 is 0 Å². The molecule has 2 aliphatic heterocycles. The van der Waals surface area contributed by atoms with Gasteiger partial charge in [0.25, 0.3) is 0 Å². The summed E-state index contributed by atoms with van der Waals surface area (Å²) >= 11 is 0. The lowest BCUT2D eigenvalue weighted by atomic mass is 10.0. The number of piperazine rings is 1. The lowest BCUT2D eigenvalue weighted by Crippen LogP contribution is -2.53. The van der Waals surface area contributed by atoms with Crippen LogP contribution in [0.5, 0.6) is 0 Å². The number of rotatable bonds is 4. The van der Waals surface area contributed by atoms with Gasteiger partial charge in [0, 0.05) is 44.8 Å². The molecule has 7 heteroatoms. The molecular formula is C17H26N4O3. The van der Waals surface area contributed by atoms with E-state index in [1.807, 2.05) is 9.80 Å². The Morgan fingerprint density at radius 1 is 1.17 bits per heavy atom. The van der Waals surface area contributed by atoms with Gasteiger partial charge in [0.15, 0.2) is 0 Å². The van der Waals surface area contributed by atoms with Crippen LogP contribution in [-0.2, 0) is 16.0 Å². The number of carbonyl (C=O) groups excluding carboxylic acids is 2. The van der Waals surface area contributed by atoms with Crippen molar-refractivity contribution < 1.29 is 14.1 Å². The van der Waals surface area contributed by atoms with Gasteiger partial charge in [0.2, 0.25) is 11.8 Å². The van der Waals surface area contributed by atoms with E-state index in [4.69, 9.17) is 4.52 Å². The Labute approximate surface area is 142 Å². The van der Waals surface area contributed by atoms with Crippen LogP contribution in [0, 0.1) is 0 Å². The number of aromatic nitrogens is 1. The molecule has 0 radical (unpaired) electrons. The summed E-state index contributed by atoms with van der Waals surface area (Å²) in [5.74, 6) is 0.295. The van der Waals surface area contributed by atoms with E-state index in [0.29, 0.717) is 31.4 Å². The lowest BCUT2D eigenvalue weighted by Gasteiger charge is -2.38. The van der Waals surface area contributed by atoms with Crippen LogP contribution in [0.25, 0.3) is 0 Å². The van der Waals surface area contributed by atoms with Crippen molar-refractivity contribution >= 4 is 11.8 Å². The highest BCUT2D eigenvalue weighted by Crippen LogP contribution is 2.17. The third kappa shape index (κ3) is 4.14. The molecule has 7 nitrogen and oxygen atoms in total. The second-order valence-corrected chi connectivity index (χ2v) is 6.76. The maximum atomic E-state index is 12.5. The van der Waals surface area contributed by atoms with Gasteiger partial charge < -0.3 is 14.3 Å². The zero-order chi connectivity index (χ0) is 16.9. The molecule has 2 aliphatic rings. The first-order chi connectivity index (χ1) is 11.6. The van der Waals surface area contributed by atoms with Crippen molar-refractivity contribution in [2.75, 3.05) is 39.3 Å². The molecule has 2 amide bonds. The molecule has 0 unspecified atom stereocenters. The predicted octanol–water partition coefficient (Wildman–Crippen LogP) is 0.762. The number of hydrogen-bond donors (Lipinski definition) is 0. The van der Waals surface area contributed by atoms with Crippen LogP contribution in [0.4, 0.5) is 0 Å². The van der Waals surface area contributed by atoms with Gasteiger partial charge in [-0.3, -0.25) is 14.5 Å². The third-order valence-electron chi connectivity index (χ3n) is 5.03. The number of carbonyl (C=O) groups is 2. The minimum atomic E-state index is 0.0690. The van der Waals surface area contributed by atoms with Crippen molar-refractivity contribution in [1.29, 1.82) is 0 Å². The molecule has 132 valence electrons. The number of likely N-dealkylation sites (tertiary alicyclic amines) is 1. The molecule has 0 aromatic carbocycles. The average Bonchev–Trinajstić information content (AvgIpc) is 3.08. The van der Waals surface area contributed by atoms with Gasteiger partial charge in [0.05, 0.1) is 18.7 Å². The highest BCUT2D eigenvalue weighted by Gasteiger charge is 2.27. The summed E-state index contributed by atoms with van der Waals surface area (Å²) in [6, 6.07) is 2.07. The second-order valence-electron chi connectivity index (χ2n) is 6.76. The normalized spacial score (nSPS) is 22.6. The van der Waals surface area contributed by atoms with Gasteiger partial charge in [0.1, 0.15) is 6.26 Å². The standard InChI is InChI=1S/C17H26N4O3/c1-14-4-2-3-6-21(14)17(23)13-19-7-9-20(10-8-19)16(22)12-15-5-11-24-18-15/h5,11,14H,2-4,6-10,12-13H2,1H3/t14-/m0/s1. The van der Waals surface area contributed by atoms with Gasteiger partial charge in [-0.05, 0) is 26.2 Å². The van der Waals surface area contributed by atoms with Gasteiger partial charge in [-0.15, -0.1) is 0 Å². The summed E-state index contributed by atoms with van der Waals surface area (Å²) < 4.78 is 4.76. The summed E-state index contributed by atoms with van der Waals surface area (Å²) in [6.45, 7) is 6.32. The van der Waals surface area contributed by atoms with Crippen LogP contribution in [0.2, 0.25) is 0 Å². The molecular weight excluding hydrogens is 308 g/mol.